The van der Waals surface area contributed by atoms with Gasteiger partial charge in [-0.2, -0.15) is 5.26 Å². The first-order valence-corrected chi connectivity index (χ1v) is 10.3. The van der Waals surface area contributed by atoms with E-state index in [1.807, 2.05) is 47.4 Å². The normalized spacial score (nSPS) is 21.9. The molecule has 0 bridgehead atoms. The molecule has 30 heavy (non-hydrogen) atoms. The number of amides is 1. The molecule has 1 fully saturated rings. The first-order chi connectivity index (χ1) is 14.5. The molecule has 1 unspecified atom stereocenters. The molecule has 2 aromatic rings. The van der Waals surface area contributed by atoms with E-state index in [2.05, 4.69) is 11.0 Å². The van der Waals surface area contributed by atoms with Gasteiger partial charge in [0.05, 0.1) is 17.2 Å². The van der Waals surface area contributed by atoms with Crippen LogP contribution in [0.15, 0.2) is 48.5 Å². The van der Waals surface area contributed by atoms with E-state index in [1.54, 1.807) is 13.0 Å². The summed E-state index contributed by atoms with van der Waals surface area (Å²) >= 11 is 0. The Balaban J connectivity index is 1.41. The van der Waals surface area contributed by atoms with Gasteiger partial charge in [0.2, 0.25) is 0 Å². The second kappa shape index (κ2) is 8.29. The fraction of sp³-hybridized carbons (Fsp3) is 0.375. The molecule has 0 aromatic heterocycles. The standard InChI is InChI=1S/C24H25N3O3/c1-24(15-20-5-2-3-6-21(20)22(28)30-24)23(29)27-12-4-11-26(13-14-27)17-19-9-7-18(16-25)8-10-19/h2-3,5-10H,4,11-15,17H2,1H3. The monoisotopic (exact) mass is 403 g/mol. The second-order valence-corrected chi connectivity index (χ2v) is 8.18. The van der Waals surface area contributed by atoms with Gasteiger partial charge in [-0.3, -0.25) is 9.69 Å². The lowest BCUT2D eigenvalue weighted by molar-refractivity contribution is -0.151. The fourth-order valence-electron chi connectivity index (χ4n) is 4.26. The molecule has 2 aliphatic rings. The summed E-state index contributed by atoms with van der Waals surface area (Å²) in [5.41, 5.74) is 2.06. The van der Waals surface area contributed by atoms with E-state index >= 15 is 0 Å². The lowest BCUT2D eigenvalue weighted by Crippen LogP contribution is -2.53. The van der Waals surface area contributed by atoms with Crippen molar-refractivity contribution in [2.75, 3.05) is 26.2 Å². The molecule has 1 atom stereocenters. The largest absolute Gasteiger partial charge is 0.445 e. The predicted molar refractivity (Wildman–Crippen MR) is 112 cm³/mol. The third-order valence-electron chi connectivity index (χ3n) is 5.90. The number of hydrogen-bond donors (Lipinski definition) is 0. The maximum Gasteiger partial charge on any atom is 0.339 e. The molecule has 1 amide bonds. The summed E-state index contributed by atoms with van der Waals surface area (Å²) in [5.74, 6) is -0.546. The number of ether oxygens (including phenoxy) is 1. The van der Waals surface area contributed by atoms with Gasteiger partial charge in [-0.15, -0.1) is 0 Å². The SMILES string of the molecule is CC1(C(=O)N2CCCN(Cc3ccc(C#N)cc3)CC2)Cc2ccccc2C(=O)O1. The van der Waals surface area contributed by atoms with Gasteiger partial charge in [-0.05, 0) is 42.7 Å². The number of nitrogens with zero attached hydrogens (tertiary/aromatic N) is 3. The lowest BCUT2D eigenvalue weighted by Gasteiger charge is -2.37. The Morgan fingerprint density at radius 3 is 2.63 bits per heavy atom. The van der Waals surface area contributed by atoms with Gasteiger partial charge in [-0.25, -0.2) is 4.79 Å². The van der Waals surface area contributed by atoms with Crippen LogP contribution in [0.2, 0.25) is 0 Å². The van der Waals surface area contributed by atoms with Crippen LogP contribution in [0.5, 0.6) is 0 Å². The van der Waals surface area contributed by atoms with Crippen molar-refractivity contribution in [3.63, 3.8) is 0 Å². The van der Waals surface area contributed by atoms with E-state index in [0.717, 1.165) is 37.2 Å². The maximum atomic E-state index is 13.3. The summed E-state index contributed by atoms with van der Waals surface area (Å²) in [4.78, 5) is 29.9. The Labute approximate surface area is 176 Å². The summed E-state index contributed by atoms with van der Waals surface area (Å²) in [5, 5.41) is 8.94. The van der Waals surface area contributed by atoms with Crippen LogP contribution in [0.1, 0.15) is 40.4 Å². The molecule has 0 radical (unpaired) electrons. The average Bonchev–Trinajstić information content (AvgIpc) is 2.99. The van der Waals surface area contributed by atoms with Crippen molar-refractivity contribution in [3.05, 3.63) is 70.8 Å². The van der Waals surface area contributed by atoms with Crippen LogP contribution in [0.4, 0.5) is 0 Å². The minimum atomic E-state index is -1.16. The molecule has 1 saturated heterocycles. The molecule has 0 N–H and O–H groups in total. The van der Waals surface area contributed by atoms with Gasteiger partial charge < -0.3 is 9.64 Å². The smallest absolute Gasteiger partial charge is 0.339 e. The molecule has 154 valence electrons. The molecule has 2 aromatic carbocycles. The van der Waals surface area contributed by atoms with Crippen molar-refractivity contribution in [1.29, 1.82) is 5.26 Å². The van der Waals surface area contributed by atoms with E-state index in [9.17, 15) is 9.59 Å². The molecule has 0 aliphatic carbocycles. The minimum Gasteiger partial charge on any atom is -0.445 e. The maximum absolute atomic E-state index is 13.3. The summed E-state index contributed by atoms with van der Waals surface area (Å²) in [6.45, 7) is 5.41. The van der Waals surface area contributed by atoms with Crippen molar-refractivity contribution in [2.24, 2.45) is 0 Å². The highest BCUT2D eigenvalue weighted by molar-refractivity contribution is 5.97. The molecular weight excluding hydrogens is 378 g/mol. The first-order valence-electron chi connectivity index (χ1n) is 10.3. The number of nitriles is 1. The molecule has 6 nitrogen and oxygen atoms in total. The van der Waals surface area contributed by atoms with Crippen LogP contribution in [0.3, 0.4) is 0 Å². The molecule has 0 saturated carbocycles. The highest BCUT2D eigenvalue weighted by atomic mass is 16.6. The highest BCUT2D eigenvalue weighted by Gasteiger charge is 2.44. The van der Waals surface area contributed by atoms with Crippen molar-refractivity contribution in [3.8, 4) is 6.07 Å². The predicted octanol–water partition coefficient (Wildman–Crippen LogP) is 2.76. The van der Waals surface area contributed by atoms with Crippen LogP contribution in [-0.4, -0.2) is 53.5 Å². The number of fused-ring (bicyclic) bond motifs is 1. The van der Waals surface area contributed by atoms with Crippen LogP contribution in [0.25, 0.3) is 0 Å². The number of hydrogen-bond acceptors (Lipinski definition) is 5. The first kappa shape index (κ1) is 20.1. The van der Waals surface area contributed by atoms with Crippen molar-refractivity contribution >= 4 is 11.9 Å². The summed E-state index contributed by atoms with van der Waals surface area (Å²) in [6.07, 6.45) is 1.27. The molecule has 6 heteroatoms. The van der Waals surface area contributed by atoms with E-state index in [4.69, 9.17) is 10.00 Å². The topological polar surface area (TPSA) is 73.6 Å². The third-order valence-corrected chi connectivity index (χ3v) is 5.90. The quantitative estimate of drug-likeness (QED) is 0.737. The van der Waals surface area contributed by atoms with Gasteiger partial charge in [-0.1, -0.05) is 30.3 Å². The summed E-state index contributed by atoms with van der Waals surface area (Å²) in [7, 11) is 0. The van der Waals surface area contributed by atoms with E-state index in [1.165, 1.54) is 0 Å². The molecular formula is C24H25N3O3. The minimum absolute atomic E-state index is 0.120. The molecule has 2 aliphatic heterocycles. The Morgan fingerprint density at radius 1 is 1.10 bits per heavy atom. The summed E-state index contributed by atoms with van der Waals surface area (Å²) < 4.78 is 5.63. The zero-order chi connectivity index (χ0) is 21.1. The van der Waals surface area contributed by atoms with Gasteiger partial charge >= 0.3 is 5.97 Å². The Morgan fingerprint density at radius 2 is 1.87 bits per heavy atom. The molecule has 4 rings (SSSR count). The lowest BCUT2D eigenvalue weighted by atomic mass is 9.89. The second-order valence-electron chi connectivity index (χ2n) is 8.18. The van der Waals surface area contributed by atoms with Gasteiger partial charge in [0.1, 0.15) is 0 Å². The zero-order valence-corrected chi connectivity index (χ0v) is 17.1. The van der Waals surface area contributed by atoms with Crippen molar-refractivity contribution in [2.45, 2.75) is 31.9 Å². The Bertz CT molecular complexity index is 996. The Kier molecular flexibility index (Phi) is 5.56. The Hall–Kier alpha value is -3.17. The average molecular weight is 403 g/mol. The number of esters is 1. The van der Waals surface area contributed by atoms with Crippen molar-refractivity contribution < 1.29 is 14.3 Å². The molecule has 2 heterocycles. The number of carbonyl (C=O) groups excluding carboxylic acids is 2. The van der Waals surface area contributed by atoms with E-state index < -0.39 is 11.6 Å². The third kappa shape index (κ3) is 4.07. The van der Waals surface area contributed by atoms with Gasteiger partial charge in [0.15, 0.2) is 5.60 Å². The number of cyclic esters (lactones) is 1. The van der Waals surface area contributed by atoms with E-state index in [0.29, 0.717) is 30.6 Å². The van der Waals surface area contributed by atoms with E-state index in [-0.39, 0.29) is 5.91 Å². The summed E-state index contributed by atoms with van der Waals surface area (Å²) in [6, 6.07) is 17.1. The van der Waals surface area contributed by atoms with Crippen LogP contribution >= 0.6 is 0 Å². The highest BCUT2D eigenvalue weighted by Crippen LogP contribution is 2.30. The zero-order valence-electron chi connectivity index (χ0n) is 17.1. The number of rotatable bonds is 3. The van der Waals surface area contributed by atoms with Crippen LogP contribution in [-0.2, 0) is 22.5 Å². The molecule has 0 spiro atoms. The van der Waals surface area contributed by atoms with Gasteiger partial charge in [0.25, 0.3) is 5.91 Å². The van der Waals surface area contributed by atoms with Gasteiger partial charge in [0, 0.05) is 39.1 Å². The fourth-order valence-corrected chi connectivity index (χ4v) is 4.26. The van der Waals surface area contributed by atoms with Crippen molar-refractivity contribution in [1.82, 2.24) is 9.80 Å². The van der Waals surface area contributed by atoms with Crippen LogP contribution in [0, 0.1) is 11.3 Å². The van der Waals surface area contributed by atoms with Crippen LogP contribution < -0.4 is 0 Å². The number of benzene rings is 2. The number of carbonyl (C=O) groups is 2.